The Morgan fingerprint density at radius 2 is 1.94 bits per heavy atom. The Bertz CT molecular complexity index is 227. The van der Waals surface area contributed by atoms with E-state index < -0.39 is 5.60 Å². The number of hydrogen-bond acceptors (Lipinski definition) is 2. The highest BCUT2D eigenvalue weighted by atomic mass is 16.6. The summed E-state index contributed by atoms with van der Waals surface area (Å²) >= 11 is 0. The number of nitrogens with one attached hydrogen (secondary N) is 1. The predicted octanol–water partition coefficient (Wildman–Crippen LogP) is 3.48. The van der Waals surface area contributed by atoms with Gasteiger partial charge in [-0.05, 0) is 40.0 Å². The normalized spacial score (nSPS) is 19.5. The molecule has 1 aliphatic rings. The number of ether oxygens (including phenoxy) is 1. The second kappa shape index (κ2) is 5.55. The van der Waals surface area contributed by atoms with Gasteiger partial charge in [-0.25, -0.2) is 4.79 Å². The summed E-state index contributed by atoms with van der Waals surface area (Å²) in [6.07, 6.45) is 6.13. The van der Waals surface area contributed by atoms with Gasteiger partial charge in [0.15, 0.2) is 0 Å². The van der Waals surface area contributed by atoms with Crippen molar-refractivity contribution in [2.75, 3.05) is 0 Å². The van der Waals surface area contributed by atoms with Crippen LogP contribution >= 0.6 is 0 Å². The van der Waals surface area contributed by atoms with Crippen LogP contribution in [0.2, 0.25) is 0 Å². The van der Waals surface area contributed by atoms with Gasteiger partial charge >= 0.3 is 6.09 Å². The molecule has 1 fully saturated rings. The number of carbonyl (C=O) groups excluding carboxylic acids is 1. The van der Waals surface area contributed by atoms with E-state index in [1.54, 1.807) is 0 Å². The lowest BCUT2D eigenvalue weighted by Crippen LogP contribution is -2.38. The Balaban J connectivity index is 2.22. The monoisotopic (exact) mass is 227 g/mol. The molecule has 1 N–H and O–H groups in total. The van der Waals surface area contributed by atoms with Gasteiger partial charge in [0.1, 0.15) is 5.60 Å². The van der Waals surface area contributed by atoms with Crippen LogP contribution < -0.4 is 5.32 Å². The van der Waals surface area contributed by atoms with E-state index in [1.807, 2.05) is 20.8 Å². The highest BCUT2D eigenvalue weighted by molar-refractivity contribution is 5.67. The first-order valence-electron chi connectivity index (χ1n) is 6.36. The largest absolute Gasteiger partial charge is 0.444 e. The van der Waals surface area contributed by atoms with Crippen molar-refractivity contribution in [3.8, 4) is 0 Å². The quantitative estimate of drug-likeness (QED) is 0.801. The van der Waals surface area contributed by atoms with Crippen LogP contribution in [0.1, 0.15) is 59.8 Å². The minimum absolute atomic E-state index is 0.220. The van der Waals surface area contributed by atoms with Crippen LogP contribution in [-0.4, -0.2) is 17.7 Å². The summed E-state index contributed by atoms with van der Waals surface area (Å²) in [4.78, 5) is 11.5. The molecule has 0 aromatic carbocycles. The first-order valence-corrected chi connectivity index (χ1v) is 6.36. The molecule has 0 aromatic rings. The third kappa shape index (κ3) is 5.38. The molecule has 16 heavy (non-hydrogen) atoms. The molecular formula is C13H25NO2. The Hall–Kier alpha value is -0.730. The summed E-state index contributed by atoms with van der Waals surface area (Å²) in [6, 6.07) is 0.220. The Morgan fingerprint density at radius 3 is 2.44 bits per heavy atom. The molecule has 0 unspecified atom stereocenters. The van der Waals surface area contributed by atoms with Gasteiger partial charge in [-0.1, -0.05) is 25.7 Å². The van der Waals surface area contributed by atoms with Crippen molar-refractivity contribution in [3.05, 3.63) is 0 Å². The van der Waals surface area contributed by atoms with Crippen LogP contribution in [0.5, 0.6) is 0 Å². The van der Waals surface area contributed by atoms with Crippen molar-refractivity contribution in [3.63, 3.8) is 0 Å². The molecular weight excluding hydrogens is 202 g/mol. The van der Waals surface area contributed by atoms with Gasteiger partial charge in [0.2, 0.25) is 0 Å². The highest BCUT2D eigenvalue weighted by Crippen LogP contribution is 2.28. The topological polar surface area (TPSA) is 38.3 Å². The summed E-state index contributed by atoms with van der Waals surface area (Å²) in [7, 11) is 0. The van der Waals surface area contributed by atoms with Crippen molar-refractivity contribution in [2.24, 2.45) is 5.92 Å². The van der Waals surface area contributed by atoms with Crippen LogP contribution in [0.4, 0.5) is 4.79 Å². The van der Waals surface area contributed by atoms with Crippen molar-refractivity contribution in [2.45, 2.75) is 71.4 Å². The number of alkyl carbamates (subject to hydrolysis) is 1. The smallest absolute Gasteiger partial charge is 0.407 e. The molecule has 0 saturated heterocycles. The maximum Gasteiger partial charge on any atom is 0.407 e. The van der Waals surface area contributed by atoms with E-state index in [1.165, 1.54) is 25.7 Å². The molecule has 0 bridgehead atoms. The molecule has 0 aliphatic heterocycles. The zero-order valence-electron chi connectivity index (χ0n) is 11.0. The number of hydrogen-bond donors (Lipinski definition) is 1. The van der Waals surface area contributed by atoms with E-state index >= 15 is 0 Å². The van der Waals surface area contributed by atoms with Gasteiger partial charge in [-0.2, -0.15) is 0 Å². The van der Waals surface area contributed by atoms with Gasteiger partial charge in [-0.3, -0.25) is 0 Å². The lowest BCUT2D eigenvalue weighted by molar-refractivity contribution is 0.0502. The minimum atomic E-state index is -0.406. The second-order valence-electron chi connectivity index (χ2n) is 5.93. The summed E-state index contributed by atoms with van der Waals surface area (Å²) in [5, 5.41) is 2.90. The number of amides is 1. The maximum atomic E-state index is 11.5. The summed E-state index contributed by atoms with van der Waals surface area (Å²) in [5.74, 6) is 0.796. The molecule has 1 aliphatic carbocycles. The Morgan fingerprint density at radius 1 is 1.38 bits per heavy atom. The molecule has 0 heterocycles. The van der Waals surface area contributed by atoms with Crippen molar-refractivity contribution in [1.29, 1.82) is 0 Å². The van der Waals surface area contributed by atoms with Gasteiger partial charge < -0.3 is 10.1 Å². The summed E-state index contributed by atoms with van der Waals surface area (Å²) in [5.41, 5.74) is -0.406. The lowest BCUT2D eigenvalue weighted by Gasteiger charge is -2.23. The molecule has 1 rings (SSSR count). The van der Waals surface area contributed by atoms with E-state index in [9.17, 15) is 4.79 Å². The van der Waals surface area contributed by atoms with E-state index in [0.29, 0.717) is 0 Å². The van der Waals surface area contributed by atoms with E-state index in [2.05, 4.69) is 12.2 Å². The molecule has 1 saturated carbocycles. The van der Waals surface area contributed by atoms with E-state index in [-0.39, 0.29) is 12.1 Å². The molecule has 0 radical (unpaired) electrons. The Labute approximate surface area is 98.9 Å². The van der Waals surface area contributed by atoms with Gasteiger partial charge in [0.25, 0.3) is 0 Å². The maximum absolute atomic E-state index is 11.5. The molecule has 94 valence electrons. The Kier molecular flexibility index (Phi) is 4.63. The molecule has 3 nitrogen and oxygen atoms in total. The minimum Gasteiger partial charge on any atom is -0.444 e. The van der Waals surface area contributed by atoms with E-state index in [4.69, 9.17) is 4.74 Å². The number of rotatable bonds is 3. The standard InChI is InChI=1S/C13H25NO2/c1-10(9-11-7-5-6-8-11)14-12(15)16-13(2,3)4/h10-11H,5-9H2,1-4H3,(H,14,15)/t10-/m0/s1. The first-order chi connectivity index (χ1) is 7.37. The van der Waals surface area contributed by atoms with Gasteiger partial charge in [-0.15, -0.1) is 0 Å². The number of carbonyl (C=O) groups is 1. The van der Waals surface area contributed by atoms with Gasteiger partial charge in [0.05, 0.1) is 0 Å². The summed E-state index contributed by atoms with van der Waals surface area (Å²) < 4.78 is 5.22. The zero-order valence-corrected chi connectivity index (χ0v) is 11.0. The fraction of sp³-hybridized carbons (Fsp3) is 0.923. The van der Waals surface area contributed by atoms with Crippen molar-refractivity contribution >= 4 is 6.09 Å². The van der Waals surface area contributed by atoms with Gasteiger partial charge in [0, 0.05) is 6.04 Å². The average Bonchev–Trinajstić information content (AvgIpc) is 2.51. The third-order valence-electron chi connectivity index (χ3n) is 2.92. The predicted molar refractivity (Wildman–Crippen MR) is 65.4 cm³/mol. The highest BCUT2D eigenvalue weighted by Gasteiger charge is 2.21. The van der Waals surface area contributed by atoms with Crippen LogP contribution in [-0.2, 0) is 4.74 Å². The average molecular weight is 227 g/mol. The SMILES string of the molecule is C[C@@H](CC1CCCC1)NC(=O)OC(C)(C)C. The molecule has 1 atom stereocenters. The van der Waals surface area contributed by atoms with Crippen LogP contribution in [0.25, 0.3) is 0 Å². The van der Waals surface area contributed by atoms with E-state index in [0.717, 1.165) is 12.3 Å². The second-order valence-corrected chi connectivity index (χ2v) is 5.93. The lowest BCUT2D eigenvalue weighted by atomic mass is 9.99. The van der Waals surface area contributed by atoms with Crippen LogP contribution in [0.15, 0.2) is 0 Å². The summed E-state index contributed by atoms with van der Waals surface area (Å²) in [6.45, 7) is 7.71. The first kappa shape index (κ1) is 13.3. The fourth-order valence-electron chi connectivity index (χ4n) is 2.31. The van der Waals surface area contributed by atoms with Crippen molar-refractivity contribution < 1.29 is 9.53 Å². The van der Waals surface area contributed by atoms with Crippen LogP contribution in [0.3, 0.4) is 0 Å². The fourth-order valence-corrected chi connectivity index (χ4v) is 2.31. The van der Waals surface area contributed by atoms with Crippen LogP contribution in [0, 0.1) is 5.92 Å². The third-order valence-corrected chi connectivity index (χ3v) is 2.92. The molecule has 3 heteroatoms. The van der Waals surface area contributed by atoms with Crippen molar-refractivity contribution in [1.82, 2.24) is 5.32 Å². The zero-order chi connectivity index (χ0) is 12.2. The molecule has 0 spiro atoms. The molecule has 1 amide bonds. The molecule has 0 aromatic heterocycles.